The molecule has 5 heteroatoms. The zero-order valence-corrected chi connectivity index (χ0v) is 16.0. The predicted molar refractivity (Wildman–Crippen MR) is 102 cm³/mol. The molecule has 2 atom stereocenters. The van der Waals surface area contributed by atoms with E-state index in [1.807, 2.05) is 30.3 Å². The molecule has 1 aromatic rings. The second-order valence-electron chi connectivity index (χ2n) is 8.19. The van der Waals surface area contributed by atoms with Crippen LogP contribution in [0.5, 0.6) is 0 Å². The van der Waals surface area contributed by atoms with Crippen LogP contribution in [-0.2, 0) is 16.1 Å². The first-order valence-corrected chi connectivity index (χ1v) is 9.83. The summed E-state index contributed by atoms with van der Waals surface area (Å²) in [5.74, 6) is 0.819. The molecule has 0 unspecified atom stereocenters. The van der Waals surface area contributed by atoms with E-state index < -0.39 is 5.41 Å². The summed E-state index contributed by atoms with van der Waals surface area (Å²) in [7, 11) is 0. The van der Waals surface area contributed by atoms with Gasteiger partial charge in [-0.2, -0.15) is 0 Å². The van der Waals surface area contributed by atoms with Crippen molar-refractivity contribution in [1.29, 1.82) is 0 Å². The van der Waals surface area contributed by atoms with Crippen LogP contribution in [0, 0.1) is 11.3 Å². The summed E-state index contributed by atoms with van der Waals surface area (Å²) < 4.78 is 0. The molecule has 2 N–H and O–H groups in total. The molecule has 26 heavy (non-hydrogen) atoms. The number of likely N-dealkylation sites (tertiary alicyclic amines) is 1. The second kappa shape index (κ2) is 8.21. The second-order valence-corrected chi connectivity index (χ2v) is 8.19. The van der Waals surface area contributed by atoms with Gasteiger partial charge in [-0.1, -0.05) is 44.2 Å². The molecule has 0 radical (unpaired) electrons. The molecule has 1 aromatic carbocycles. The molecular weight excluding hydrogens is 326 g/mol. The third-order valence-electron chi connectivity index (χ3n) is 5.81. The normalized spacial score (nSPS) is 26.3. The number of rotatable bonds is 6. The first-order valence-electron chi connectivity index (χ1n) is 9.83. The molecule has 0 saturated carbocycles. The van der Waals surface area contributed by atoms with Gasteiger partial charge < -0.3 is 15.5 Å². The highest BCUT2D eigenvalue weighted by molar-refractivity contribution is 5.88. The molecule has 0 aliphatic carbocycles. The summed E-state index contributed by atoms with van der Waals surface area (Å²) in [6.45, 7) is 7.71. The number of benzene rings is 1. The van der Waals surface area contributed by atoms with Crippen molar-refractivity contribution in [3.05, 3.63) is 35.9 Å². The van der Waals surface area contributed by atoms with Gasteiger partial charge in [0.25, 0.3) is 0 Å². The molecule has 2 amide bonds. The Morgan fingerprint density at radius 2 is 2.12 bits per heavy atom. The van der Waals surface area contributed by atoms with Gasteiger partial charge in [0.15, 0.2) is 0 Å². The Kier molecular flexibility index (Phi) is 5.97. The highest BCUT2D eigenvalue weighted by Crippen LogP contribution is 2.38. The SMILES string of the molecule is CC(C)CCN1CC[C@H]2NC(=O)CC[C@]2(C(=O)NCc2ccccc2)C1. The smallest absolute Gasteiger partial charge is 0.229 e. The van der Waals surface area contributed by atoms with Gasteiger partial charge in [0.2, 0.25) is 11.8 Å². The molecule has 0 aromatic heterocycles. The number of fused-ring (bicyclic) bond motifs is 1. The minimum atomic E-state index is -0.502. The summed E-state index contributed by atoms with van der Waals surface area (Å²) in [5, 5.41) is 6.24. The van der Waals surface area contributed by atoms with E-state index in [0.29, 0.717) is 25.3 Å². The first-order chi connectivity index (χ1) is 12.5. The van der Waals surface area contributed by atoms with E-state index in [1.54, 1.807) is 0 Å². The van der Waals surface area contributed by atoms with Crippen molar-refractivity contribution in [2.75, 3.05) is 19.6 Å². The lowest BCUT2D eigenvalue weighted by Crippen LogP contribution is -2.66. The van der Waals surface area contributed by atoms with E-state index in [-0.39, 0.29) is 17.9 Å². The average molecular weight is 357 g/mol. The van der Waals surface area contributed by atoms with Crippen LogP contribution in [-0.4, -0.2) is 42.4 Å². The number of nitrogens with one attached hydrogen (secondary N) is 2. The summed E-state index contributed by atoms with van der Waals surface area (Å²) in [4.78, 5) is 27.5. The quantitative estimate of drug-likeness (QED) is 0.821. The summed E-state index contributed by atoms with van der Waals surface area (Å²) in [6.07, 6.45) is 3.07. The number of hydrogen-bond donors (Lipinski definition) is 2. The Labute approximate surface area is 156 Å². The highest BCUT2D eigenvalue weighted by Gasteiger charge is 2.51. The number of amides is 2. The van der Waals surface area contributed by atoms with Crippen LogP contribution in [0.2, 0.25) is 0 Å². The lowest BCUT2D eigenvalue weighted by Gasteiger charge is -2.49. The molecule has 2 aliphatic heterocycles. The number of carbonyl (C=O) groups excluding carboxylic acids is 2. The summed E-state index contributed by atoms with van der Waals surface area (Å²) >= 11 is 0. The molecule has 2 fully saturated rings. The van der Waals surface area contributed by atoms with Crippen molar-refractivity contribution < 1.29 is 9.59 Å². The van der Waals surface area contributed by atoms with Gasteiger partial charge in [-0.05, 0) is 37.3 Å². The Balaban J connectivity index is 1.71. The molecule has 2 aliphatic rings. The fourth-order valence-corrected chi connectivity index (χ4v) is 4.17. The van der Waals surface area contributed by atoms with Crippen LogP contribution in [0.25, 0.3) is 0 Å². The highest BCUT2D eigenvalue weighted by atomic mass is 16.2. The van der Waals surface area contributed by atoms with E-state index in [0.717, 1.165) is 38.0 Å². The Bertz CT molecular complexity index is 631. The predicted octanol–water partition coefficient (Wildman–Crippen LogP) is 2.32. The fraction of sp³-hybridized carbons (Fsp3) is 0.619. The lowest BCUT2D eigenvalue weighted by molar-refractivity contribution is -0.143. The molecule has 5 nitrogen and oxygen atoms in total. The van der Waals surface area contributed by atoms with Crippen molar-refractivity contribution in [3.8, 4) is 0 Å². The largest absolute Gasteiger partial charge is 0.352 e. The fourth-order valence-electron chi connectivity index (χ4n) is 4.17. The van der Waals surface area contributed by atoms with Crippen LogP contribution < -0.4 is 10.6 Å². The van der Waals surface area contributed by atoms with Gasteiger partial charge in [0.05, 0.1) is 5.41 Å². The Morgan fingerprint density at radius 3 is 2.85 bits per heavy atom. The number of hydrogen-bond acceptors (Lipinski definition) is 3. The van der Waals surface area contributed by atoms with Crippen LogP contribution in [0.1, 0.15) is 45.1 Å². The van der Waals surface area contributed by atoms with E-state index in [2.05, 4.69) is 29.4 Å². The maximum absolute atomic E-state index is 13.2. The van der Waals surface area contributed by atoms with Crippen LogP contribution in [0.15, 0.2) is 30.3 Å². The van der Waals surface area contributed by atoms with E-state index in [9.17, 15) is 9.59 Å². The maximum atomic E-state index is 13.2. The van der Waals surface area contributed by atoms with Crippen molar-refractivity contribution in [2.24, 2.45) is 11.3 Å². The van der Waals surface area contributed by atoms with Crippen LogP contribution in [0.3, 0.4) is 0 Å². The Hall–Kier alpha value is -1.88. The Morgan fingerprint density at radius 1 is 1.35 bits per heavy atom. The van der Waals surface area contributed by atoms with Gasteiger partial charge in [0.1, 0.15) is 0 Å². The van der Waals surface area contributed by atoms with Crippen molar-refractivity contribution in [3.63, 3.8) is 0 Å². The number of carbonyl (C=O) groups is 2. The molecule has 3 rings (SSSR count). The molecule has 2 heterocycles. The van der Waals surface area contributed by atoms with Gasteiger partial charge in [0, 0.05) is 32.1 Å². The van der Waals surface area contributed by atoms with Gasteiger partial charge in [-0.25, -0.2) is 0 Å². The van der Waals surface area contributed by atoms with Gasteiger partial charge in [-0.15, -0.1) is 0 Å². The van der Waals surface area contributed by atoms with E-state index in [4.69, 9.17) is 0 Å². The average Bonchev–Trinajstić information content (AvgIpc) is 2.65. The zero-order valence-electron chi connectivity index (χ0n) is 16.0. The number of piperidine rings is 2. The summed E-state index contributed by atoms with van der Waals surface area (Å²) in [5.41, 5.74) is 0.596. The minimum Gasteiger partial charge on any atom is -0.352 e. The lowest BCUT2D eigenvalue weighted by atomic mass is 9.69. The maximum Gasteiger partial charge on any atom is 0.229 e. The molecule has 0 bridgehead atoms. The van der Waals surface area contributed by atoms with E-state index >= 15 is 0 Å². The van der Waals surface area contributed by atoms with Crippen molar-refractivity contribution in [2.45, 2.75) is 52.1 Å². The first kappa shape index (κ1) is 18.9. The monoisotopic (exact) mass is 357 g/mol. The van der Waals surface area contributed by atoms with Crippen molar-refractivity contribution >= 4 is 11.8 Å². The molecule has 0 spiro atoms. The standard InChI is InChI=1S/C21H31N3O2/c1-16(2)9-12-24-13-10-18-21(15-24,11-8-19(25)23-18)20(26)22-14-17-6-4-3-5-7-17/h3-7,16,18H,8-15H2,1-2H3,(H,22,26)(H,23,25)/t18-,21+/m1/s1. The zero-order chi connectivity index (χ0) is 18.6. The minimum absolute atomic E-state index is 0.0465. The number of nitrogens with zero attached hydrogens (tertiary/aromatic N) is 1. The van der Waals surface area contributed by atoms with Crippen LogP contribution >= 0.6 is 0 Å². The van der Waals surface area contributed by atoms with E-state index in [1.165, 1.54) is 0 Å². The van der Waals surface area contributed by atoms with Crippen molar-refractivity contribution in [1.82, 2.24) is 15.5 Å². The molecule has 142 valence electrons. The summed E-state index contributed by atoms with van der Waals surface area (Å²) in [6, 6.07) is 9.94. The molecule has 2 saturated heterocycles. The van der Waals surface area contributed by atoms with Gasteiger partial charge >= 0.3 is 0 Å². The van der Waals surface area contributed by atoms with Crippen LogP contribution in [0.4, 0.5) is 0 Å². The molecular formula is C21H31N3O2. The topological polar surface area (TPSA) is 61.4 Å². The third kappa shape index (κ3) is 4.26. The van der Waals surface area contributed by atoms with Gasteiger partial charge in [-0.3, -0.25) is 9.59 Å². The third-order valence-corrected chi connectivity index (χ3v) is 5.81.